The zero-order chi connectivity index (χ0) is 25.0. The number of aromatic nitrogens is 4. The molecule has 0 radical (unpaired) electrons. The van der Waals surface area contributed by atoms with Crippen LogP contribution in [0.4, 0.5) is 13.2 Å². The van der Waals surface area contributed by atoms with Gasteiger partial charge in [-0.2, -0.15) is 17.7 Å². The first kappa shape index (κ1) is 23.8. The second-order valence-electron chi connectivity index (χ2n) is 7.18. The number of nitrogens with zero attached hydrogens (tertiary/aromatic N) is 4. The third-order valence-electron chi connectivity index (χ3n) is 5.00. The van der Waals surface area contributed by atoms with Crippen LogP contribution in [0.5, 0.6) is 17.4 Å². The molecule has 12 heteroatoms. The number of benzene rings is 2. The Kier molecular flexibility index (Phi) is 6.71. The summed E-state index contributed by atoms with van der Waals surface area (Å²) in [7, 11) is 3.07. The number of carbonyl (C=O) groups excluding carboxylic acids is 1. The average Bonchev–Trinajstić information content (AvgIpc) is 3.28. The van der Waals surface area contributed by atoms with Gasteiger partial charge in [-0.25, -0.2) is 0 Å². The molecule has 0 atom stereocenters. The van der Waals surface area contributed by atoms with Crippen molar-refractivity contribution < 1.29 is 32.2 Å². The number of rotatable bonds is 8. The fraction of sp³-hybridized carbons (Fsp3) is 0.217. The van der Waals surface area contributed by atoms with Crippen LogP contribution >= 0.6 is 0 Å². The first-order valence-electron chi connectivity index (χ1n) is 10.3. The van der Waals surface area contributed by atoms with E-state index >= 15 is 0 Å². The molecule has 1 amide bonds. The molecule has 0 saturated heterocycles. The number of hydrogen-bond acceptors (Lipinski definition) is 7. The summed E-state index contributed by atoms with van der Waals surface area (Å²) < 4.78 is 57.1. The summed E-state index contributed by atoms with van der Waals surface area (Å²) in [6.07, 6.45) is -4.63. The molecule has 2 heterocycles. The van der Waals surface area contributed by atoms with Crippen molar-refractivity contribution in [2.24, 2.45) is 0 Å². The normalized spacial score (nSPS) is 11.3. The van der Waals surface area contributed by atoms with Crippen LogP contribution in [-0.4, -0.2) is 53.1 Å². The Morgan fingerprint density at radius 2 is 1.83 bits per heavy atom. The number of nitrogens with one attached hydrogen (secondary N) is 1. The quantitative estimate of drug-likeness (QED) is 0.379. The van der Waals surface area contributed by atoms with E-state index in [2.05, 4.69) is 20.6 Å². The van der Waals surface area contributed by atoms with Gasteiger partial charge >= 0.3 is 6.18 Å². The van der Waals surface area contributed by atoms with Crippen molar-refractivity contribution in [1.29, 1.82) is 0 Å². The summed E-state index contributed by atoms with van der Waals surface area (Å²) in [5, 5.41) is 15.1. The number of ether oxygens (including phenoxy) is 3. The second-order valence-corrected chi connectivity index (χ2v) is 7.18. The molecule has 2 aromatic heterocycles. The van der Waals surface area contributed by atoms with Crippen molar-refractivity contribution in [3.63, 3.8) is 0 Å². The van der Waals surface area contributed by atoms with E-state index in [1.165, 1.54) is 30.9 Å². The number of carbonyl (C=O) groups is 1. The van der Waals surface area contributed by atoms with E-state index < -0.39 is 23.2 Å². The van der Waals surface area contributed by atoms with Gasteiger partial charge in [0.1, 0.15) is 18.1 Å². The van der Waals surface area contributed by atoms with Crippen molar-refractivity contribution in [2.45, 2.75) is 6.18 Å². The van der Waals surface area contributed by atoms with Crippen molar-refractivity contribution in [2.75, 3.05) is 27.4 Å². The van der Waals surface area contributed by atoms with Gasteiger partial charge in [-0.1, -0.05) is 12.1 Å². The van der Waals surface area contributed by atoms with Crippen LogP contribution in [0.15, 0.2) is 54.6 Å². The molecule has 0 spiro atoms. The Morgan fingerprint density at radius 3 is 2.57 bits per heavy atom. The van der Waals surface area contributed by atoms with E-state index in [0.29, 0.717) is 28.5 Å². The van der Waals surface area contributed by atoms with E-state index in [4.69, 9.17) is 14.2 Å². The summed E-state index contributed by atoms with van der Waals surface area (Å²) in [6.45, 7) is -0.0676. The van der Waals surface area contributed by atoms with Gasteiger partial charge < -0.3 is 19.5 Å². The van der Waals surface area contributed by atoms with E-state index in [0.717, 1.165) is 12.1 Å². The molecule has 0 unspecified atom stereocenters. The van der Waals surface area contributed by atoms with Crippen molar-refractivity contribution in [3.8, 4) is 28.8 Å². The molecule has 2 aromatic carbocycles. The Labute approximate surface area is 197 Å². The highest BCUT2D eigenvalue weighted by Crippen LogP contribution is 2.33. The fourth-order valence-electron chi connectivity index (χ4n) is 3.35. The maximum absolute atomic E-state index is 13.1. The molecule has 0 aliphatic carbocycles. The Hall–Kier alpha value is -4.35. The summed E-state index contributed by atoms with van der Waals surface area (Å²) in [4.78, 5) is 12.3. The lowest BCUT2D eigenvalue weighted by molar-refractivity contribution is -0.137. The largest absolute Gasteiger partial charge is 0.497 e. The molecule has 182 valence electrons. The van der Waals surface area contributed by atoms with E-state index in [1.807, 2.05) is 0 Å². The van der Waals surface area contributed by atoms with Gasteiger partial charge in [-0.15, -0.1) is 15.3 Å². The van der Waals surface area contributed by atoms with Crippen LogP contribution in [0, 0.1) is 0 Å². The van der Waals surface area contributed by atoms with Gasteiger partial charge in [-0.05, 0) is 36.4 Å². The number of alkyl halides is 3. The lowest BCUT2D eigenvalue weighted by Crippen LogP contribution is -2.30. The van der Waals surface area contributed by atoms with Crippen molar-refractivity contribution in [1.82, 2.24) is 25.1 Å². The van der Waals surface area contributed by atoms with Crippen LogP contribution in [0.3, 0.4) is 0 Å². The topological polar surface area (TPSA) is 99.9 Å². The SMILES string of the molecule is COc1ccc(OC)c(-c2nnc3ccc(OCCNC(=O)c4ccccc4C(F)(F)F)nn23)c1. The van der Waals surface area contributed by atoms with Gasteiger partial charge in [0.05, 0.1) is 37.5 Å². The zero-order valence-electron chi connectivity index (χ0n) is 18.7. The van der Waals surface area contributed by atoms with Crippen molar-refractivity contribution >= 4 is 11.6 Å². The number of fused-ring (bicyclic) bond motifs is 1. The number of hydrogen-bond donors (Lipinski definition) is 1. The van der Waals surface area contributed by atoms with Gasteiger partial charge in [0.2, 0.25) is 5.88 Å². The first-order chi connectivity index (χ1) is 16.8. The maximum atomic E-state index is 13.1. The zero-order valence-corrected chi connectivity index (χ0v) is 18.7. The predicted molar refractivity (Wildman–Crippen MR) is 119 cm³/mol. The minimum absolute atomic E-state index is 0.0294. The third-order valence-corrected chi connectivity index (χ3v) is 5.00. The van der Waals surface area contributed by atoms with Crippen LogP contribution in [0.1, 0.15) is 15.9 Å². The highest BCUT2D eigenvalue weighted by atomic mass is 19.4. The Balaban J connectivity index is 1.46. The van der Waals surface area contributed by atoms with Crippen molar-refractivity contribution in [3.05, 3.63) is 65.7 Å². The van der Waals surface area contributed by atoms with Crippen LogP contribution in [0.2, 0.25) is 0 Å². The summed E-state index contributed by atoms with van der Waals surface area (Å²) in [5.74, 6) is 0.864. The van der Waals surface area contributed by atoms with Crippen LogP contribution in [0.25, 0.3) is 17.0 Å². The second kappa shape index (κ2) is 9.87. The molecule has 35 heavy (non-hydrogen) atoms. The third kappa shape index (κ3) is 5.10. The first-order valence-corrected chi connectivity index (χ1v) is 10.3. The lowest BCUT2D eigenvalue weighted by Gasteiger charge is -2.13. The van der Waals surface area contributed by atoms with E-state index in [9.17, 15) is 18.0 Å². The molecule has 0 fully saturated rings. The summed E-state index contributed by atoms with van der Waals surface area (Å²) >= 11 is 0. The van der Waals surface area contributed by atoms with Crippen LogP contribution in [-0.2, 0) is 6.18 Å². The summed E-state index contributed by atoms with van der Waals surface area (Å²) in [5.41, 5.74) is -0.409. The van der Waals surface area contributed by atoms with Gasteiger partial charge in [0.25, 0.3) is 5.91 Å². The fourth-order valence-corrected chi connectivity index (χ4v) is 3.35. The van der Waals surface area contributed by atoms with Gasteiger partial charge in [-0.3, -0.25) is 4.79 Å². The van der Waals surface area contributed by atoms with E-state index in [-0.39, 0.29) is 19.0 Å². The molecule has 4 aromatic rings. The van der Waals surface area contributed by atoms with Gasteiger partial charge in [0.15, 0.2) is 11.5 Å². The highest BCUT2D eigenvalue weighted by Gasteiger charge is 2.34. The molecule has 1 N–H and O–H groups in total. The molecule has 0 aliphatic rings. The lowest BCUT2D eigenvalue weighted by atomic mass is 10.1. The number of methoxy groups -OCH3 is 2. The predicted octanol–water partition coefficient (Wildman–Crippen LogP) is 3.64. The molecule has 0 aliphatic heterocycles. The average molecular weight is 487 g/mol. The molecule has 4 rings (SSSR count). The minimum Gasteiger partial charge on any atom is -0.497 e. The molecular weight excluding hydrogens is 467 g/mol. The standard InChI is InChI=1S/C23H20F3N5O4/c1-33-14-7-8-18(34-2)16(13-14)21-29-28-19-9-10-20(30-31(19)21)35-12-11-27-22(32)15-5-3-4-6-17(15)23(24,25)26/h3-10,13H,11-12H2,1-2H3,(H,27,32). The highest BCUT2D eigenvalue weighted by molar-refractivity contribution is 5.95. The van der Waals surface area contributed by atoms with Crippen LogP contribution < -0.4 is 19.5 Å². The molecular formula is C23H20F3N5O4. The van der Waals surface area contributed by atoms with E-state index in [1.54, 1.807) is 30.3 Å². The number of halogens is 3. The minimum atomic E-state index is -4.63. The molecule has 0 bridgehead atoms. The smallest absolute Gasteiger partial charge is 0.417 e. The molecule has 0 saturated carbocycles. The number of amides is 1. The summed E-state index contributed by atoms with van der Waals surface area (Å²) in [6, 6.07) is 13.0. The maximum Gasteiger partial charge on any atom is 0.417 e. The monoisotopic (exact) mass is 487 g/mol. The Bertz CT molecular complexity index is 1360. The Morgan fingerprint density at radius 1 is 1.03 bits per heavy atom. The van der Waals surface area contributed by atoms with Gasteiger partial charge in [0, 0.05) is 6.07 Å². The molecule has 9 nitrogen and oxygen atoms in total.